The molecule has 1 atom stereocenters. The number of ether oxygens (including phenoxy) is 2. The van der Waals surface area contributed by atoms with E-state index < -0.39 is 64.7 Å². The summed E-state index contributed by atoms with van der Waals surface area (Å²) in [5.41, 5.74) is -1.98. The second kappa shape index (κ2) is 24.4. The molecule has 3 radical (unpaired) electrons. The molecule has 2 aliphatic carbocycles. The molecule has 4 aliphatic rings. The summed E-state index contributed by atoms with van der Waals surface area (Å²) in [6, 6.07) is 21.4. The van der Waals surface area contributed by atoms with E-state index in [-0.39, 0.29) is 97.2 Å². The first-order chi connectivity index (χ1) is 35.5. The average Bonchev–Trinajstić information content (AvgIpc) is 3.79. The van der Waals surface area contributed by atoms with Crippen LogP contribution in [-0.2, 0) is 31.4 Å². The average molecular weight is 1090 g/mol. The summed E-state index contributed by atoms with van der Waals surface area (Å²) < 4.78 is 89.7. The zero-order valence-electron chi connectivity index (χ0n) is 46.5. The summed E-state index contributed by atoms with van der Waals surface area (Å²) in [7, 11) is 2.54. The molecule has 2 saturated carbocycles. The van der Waals surface area contributed by atoms with Crippen LogP contribution in [-0.4, -0.2) is 103 Å². The SMILES string of the molecule is COC(=O)c1ccc(C(=O)CN2C(=O)C(c3cccc(C(F)(F)F)c3)=NC23CCC(C(C)(C)C)CC3)cc1.COC(=O)c1ccc(C(O)CN2C(=O)C(c3cccc(C(F)(F)F)c3)=NC23CCC(C(C)(C)C)CC3)cc1.[B].[H-].[Na+]. The predicted octanol–water partition coefficient (Wildman–Crippen LogP) is 8.46. The number of benzene rings is 4. The van der Waals surface area contributed by atoms with Crippen LogP contribution >= 0.6 is 0 Å². The summed E-state index contributed by atoms with van der Waals surface area (Å²) >= 11 is 0. The number of hydrogen-bond donors (Lipinski definition) is 1. The first kappa shape index (κ1) is 63.2. The molecule has 2 amide bonds. The summed E-state index contributed by atoms with van der Waals surface area (Å²) in [6.07, 6.45) is -4.92. The van der Waals surface area contributed by atoms with Crippen molar-refractivity contribution in [3.8, 4) is 0 Å². The molecule has 2 aliphatic heterocycles. The number of amides is 2. The van der Waals surface area contributed by atoms with E-state index in [1.54, 1.807) is 12.1 Å². The second-order valence-electron chi connectivity index (χ2n) is 22.3. The van der Waals surface area contributed by atoms with Gasteiger partial charge in [-0.2, -0.15) is 26.3 Å². The zero-order valence-corrected chi connectivity index (χ0v) is 47.5. The van der Waals surface area contributed by atoms with Gasteiger partial charge in [0.1, 0.15) is 22.7 Å². The van der Waals surface area contributed by atoms with Gasteiger partial charge in [-0.25, -0.2) is 9.59 Å². The van der Waals surface area contributed by atoms with Gasteiger partial charge in [-0.15, -0.1) is 0 Å². The van der Waals surface area contributed by atoms with Gasteiger partial charge >= 0.3 is 53.8 Å². The van der Waals surface area contributed by atoms with Crippen LogP contribution in [0.15, 0.2) is 107 Å². The van der Waals surface area contributed by atoms with Gasteiger partial charge < -0.3 is 25.8 Å². The maximum absolute atomic E-state index is 13.7. The fraction of sp³-hybridized carbons (Fsp3) is 0.466. The minimum atomic E-state index is -4.56. The number of aliphatic imine (C=N–C) groups is 2. The number of aliphatic hydroxyl groups is 1. The number of halogens is 6. The molecule has 2 spiro atoms. The smallest absolute Gasteiger partial charge is 1.00 e. The minimum absolute atomic E-state index is 0. The Kier molecular flexibility index (Phi) is 19.8. The number of aliphatic hydroxyl groups excluding tert-OH is 1. The fourth-order valence-corrected chi connectivity index (χ4v) is 10.8. The predicted molar refractivity (Wildman–Crippen MR) is 279 cm³/mol. The first-order valence-electron chi connectivity index (χ1n) is 25.3. The van der Waals surface area contributed by atoms with Gasteiger partial charge in [0.15, 0.2) is 5.78 Å². The number of methoxy groups -OCH3 is 2. The third-order valence-corrected chi connectivity index (χ3v) is 15.5. The molecule has 20 heteroatoms. The first-order valence-corrected chi connectivity index (χ1v) is 25.3. The molecule has 411 valence electrons. The van der Waals surface area contributed by atoms with E-state index in [4.69, 9.17) is 14.7 Å². The molecule has 78 heavy (non-hydrogen) atoms. The Hall–Kier alpha value is -5.63. The number of nitrogens with zero attached hydrogens (tertiary/aromatic N) is 4. The minimum Gasteiger partial charge on any atom is -1.00 e. The van der Waals surface area contributed by atoms with Gasteiger partial charge in [-0.1, -0.05) is 90.1 Å². The summed E-state index contributed by atoms with van der Waals surface area (Å²) in [4.78, 5) is 76.6. The molecule has 4 aromatic carbocycles. The molecule has 12 nitrogen and oxygen atoms in total. The van der Waals surface area contributed by atoms with Crippen molar-refractivity contribution in [2.75, 3.05) is 27.3 Å². The van der Waals surface area contributed by atoms with Gasteiger partial charge in [0.05, 0.1) is 55.7 Å². The quantitative estimate of drug-likeness (QED) is 0.0718. The van der Waals surface area contributed by atoms with Crippen molar-refractivity contribution in [2.24, 2.45) is 32.7 Å². The van der Waals surface area contributed by atoms with Crippen molar-refractivity contribution in [1.82, 2.24) is 9.80 Å². The number of alkyl halides is 6. The van der Waals surface area contributed by atoms with Crippen molar-refractivity contribution in [2.45, 2.75) is 123 Å². The number of carbonyl (C=O) groups is 5. The number of carbonyl (C=O) groups excluding carboxylic acids is 5. The van der Waals surface area contributed by atoms with Crippen LogP contribution in [0.1, 0.15) is 159 Å². The Morgan fingerprint density at radius 1 is 0.615 bits per heavy atom. The molecule has 2 heterocycles. The standard InChI is InChI=1S/C29H33F3N2O4.C29H31F3N2O4.B.Na.H/c2*1-27(2,3)21-12-14-28(15-13-21)33-24(20-6-5-7-22(16-20)29(30,31)32)25(36)34(28)17-23(35)18-8-10-19(11-9-18)26(37)38-4;;;/h5-11,16,21,23,35H,12-15,17H2,1-4H3;5-11,16,21H,12-15,17H2,1-4H3;;;/q;;;+1;-1. The Morgan fingerprint density at radius 3 is 1.35 bits per heavy atom. The Balaban J connectivity index is 0.000000328. The topological polar surface area (TPSA) is 155 Å². The van der Waals surface area contributed by atoms with E-state index in [9.17, 15) is 55.4 Å². The molecule has 0 aromatic heterocycles. The van der Waals surface area contributed by atoms with Crippen LogP contribution < -0.4 is 29.6 Å². The third-order valence-electron chi connectivity index (χ3n) is 15.5. The monoisotopic (exact) mass is 1090 g/mol. The van der Waals surface area contributed by atoms with E-state index >= 15 is 0 Å². The molecule has 1 N–H and O–H groups in total. The van der Waals surface area contributed by atoms with Crippen molar-refractivity contribution >= 4 is 49.4 Å². The molecule has 0 saturated heterocycles. The van der Waals surface area contributed by atoms with E-state index in [0.717, 1.165) is 49.9 Å². The number of hydrogen-bond acceptors (Lipinski definition) is 10. The molecule has 2 fully saturated rings. The third kappa shape index (κ3) is 13.9. The summed E-state index contributed by atoms with van der Waals surface area (Å²) in [6.45, 7) is 12.6. The maximum atomic E-state index is 13.7. The van der Waals surface area contributed by atoms with Gasteiger partial charge in [0.25, 0.3) is 11.8 Å². The Morgan fingerprint density at radius 2 is 0.974 bits per heavy atom. The number of esters is 2. The van der Waals surface area contributed by atoms with Crippen LogP contribution in [0.2, 0.25) is 0 Å². The van der Waals surface area contributed by atoms with Crippen LogP contribution in [0.3, 0.4) is 0 Å². The van der Waals surface area contributed by atoms with E-state index in [1.165, 1.54) is 84.7 Å². The zero-order chi connectivity index (χ0) is 55.8. The molecular weight excluding hydrogens is 1030 g/mol. The van der Waals surface area contributed by atoms with Crippen molar-refractivity contribution in [3.05, 3.63) is 142 Å². The fourth-order valence-electron chi connectivity index (χ4n) is 10.8. The van der Waals surface area contributed by atoms with Crippen LogP contribution in [0.5, 0.6) is 0 Å². The van der Waals surface area contributed by atoms with Crippen molar-refractivity contribution in [3.63, 3.8) is 0 Å². The van der Waals surface area contributed by atoms with Gasteiger partial charge in [-0.3, -0.25) is 24.4 Å². The Labute approximate surface area is 476 Å². The molecular formula is C58H65BF6N4NaO8. The number of Topliss-reactive ketones (excluding diaryl/α,β-unsaturated/α-hetero) is 1. The second-order valence-corrected chi connectivity index (χ2v) is 22.3. The molecule has 1 unspecified atom stereocenters. The summed E-state index contributed by atoms with van der Waals surface area (Å²) in [5, 5.41) is 11.1. The largest absolute Gasteiger partial charge is 1.00 e. The maximum Gasteiger partial charge on any atom is 1.00 e. The van der Waals surface area contributed by atoms with Gasteiger partial charge in [-0.05, 0) is 128 Å². The van der Waals surface area contributed by atoms with Gasteiger partial charge in [0, 0.05) is 25.1 Å². The van der Waals surface area contributed by atoms with E-state index in [2.05, 4.69) is 46.3 Å². The molecule has 4 aromatic rings. The van der Waals surface area contributed by atoms with Gasteiger partial charge in [0.2, 0.25) is 0 Å². The van der Waals surface area contributed by atoms with Crippen molar-refractivity contribution < 1.29 is 95.9 Å². The number of β-amino-alcohol motifs (C(OH)–C–C–N with tert-alkyl or cyclic N) is 1. The normalized spacial score (nSPS) is 21.9. The van der Waals surface area contributed by atoms with E-state index in [0.29, 0.717) is 54.2 Å². The number of rotatable bonds is 10. The van der Waals surface area contributed by atoms with E-state index in [1.807, 2.05) is 0 Å². The molecule has 8 rings (SSSR count). The number of ketones is 1. The summed E-state index contributed by atoms with van der Waals surface area (Å²) in [5.74, 6) is -1.65. The van der Waals surface area contributed by atoms with Crippen LogP contribution in [0.25, 0.3) is 0 Å². The molecule has 0 bridgehead atoms. The van der Waals surface area contributed by atoms with Crippen LogP contribution in [0.4, 0.5) is 26.3 Å². The Bertz CT molecular complexity index is 2910. The van der Waals surface area contributed by atoms with Crippen LogP contribution in [0, 0.1) is 22.7 Å². The van der Waals surface area contributed by atoms with Crippen molar-refractivity contribution in [1.29, 1.82) is 0 Å².